The average molecular weight is 411 g/mol. The van der Waals surface area contributed by atoms with Gasteiger partial charge in [0.2, 0.25) is 5.89 Å². The maximum absolute atomic E-state index is 13.4. The van der Waals surface area contributed by atoms with Gasteiger partial charge in [0.1, 0.15) is 5.52 Å². The molecule has 0 aliphatic carbocycles. The van der Waals surface area contributed by atoms with Gasteiger partial charge >= 0.3 is 6.18 Å². The highest BCUT2D eigenvalue weighted by atomic mass is 19.4. The number of anilines is 2. The lowest BCUT2D eigenvalue weighted by Gasteiger charge is -2.16. The van der Waals surface area contributed by atoms with Crippen molar-refractivity contribution in [1.82, 2.24) is 4.98 Å². The molecule has 0 unspecified atom stereocenters. The predicted octanol–water partition coefficient (Wildman–Crippen LogP) is 6.58. The topological polar surface area (TPSA) is 64.1 Å². The van der Waals surface area contributed by atoms with Gasteiger partial charge in [0.15, 0.2) is 5.58 Å². The first-order valence-electron chi connectivity index (χ1n) is 9.58. The second-order valence-electron chi connectivity index (χ2n) is 6.98. The van der Waals surface area contributed by atoms with E-state index in [1.807, 2.05) is 13.0 Å². The lowest BCUT2D eigenvalue weighted by Crippen LogP contribution is -2.06. The normalized spacial score (nSPS) is 11.7. The zero-order valence-electron chi connectivity index (χ0n) is 16.3. The Morgan fingerprint density at radius 1 is 0.967 bits per heavy atom. The summed E-state index contributed by atoms with van der Waals surface area (Å²) >= 11 is 0. The van der Waals surface area contributed by atoms with Crippen molar-refractivity contribution < 1.29 is 17.6 Å². The zero-order chi connectivity index (χ0) is 21.3. The van der Waals surface area contributed by atoms with Crippen molar-refractivity contribution in [3.05, 3.63) is 66.2 Å². The fourth-order valence-corrected chi connectivity index (χ4v) is 3.32. The molecular weight excluding hydrogens is 391 g/mol. The number of nitrogen functional groups attached to an aromatic ring is 1. The number of hydrogen-bond acceptors (Lipinski definition) is 4. The minimum atomic E-state index is -4.49. The summed E-state index contributed by atoms with van der Waals surface area (Å²) in [6.45, 7) is 2.75. The third kappa shape index (κ3) is 3.83. The Bertz CT molecular complexity index is 1160. The second-order valence-corrected chi connectivity index (χ2v) is 6.98. The van der Waals surface area contributed by atoms with Crippen LogP contribution in [0.4, 0.5) is 24.5 Å². The number of alkyl halides is 3. The van der Waals surface area contributed by atoms with Gasteiger partial charge in [-0.05, 0) is 54.4 Å². The average Bonchev–Trinajstić information content (AvgIpc) is 3.16. The number of oxazole rings is 1. The van der Waals surface area contributed by atoms with Crippen molar-refractivity contribution in [1.29, 1.82) is 0 Å². The molecule has 154 valence electrons. The smallest absolute Gasteiger partial charge is 0.416 e. The fraction of sp³-hybridized carbons (Fsp3) is 0.174. The number of hydrogen-bond donors (Lipinski definition) is 2. The van der Waals surface area contributed by atoms with Gasteiger partial charge in [-0.3, -0.25) is 0 Å². The minimum absolute atomic E-state index is 0.126. The molecule has 1 aromatic heterocycles. The second kappa shape index (κ2) is 7.74. The van der Waals surface area contributed by atoms with E-state index < -0.39 is 11.7 Å². The zero-order valence-corrected chi connectivity index (χ0v) is 16.3. The number of benzene rings is 3. The van der Waals surface area contributed by atoms with E-state index in [2.05, 4.69) is 10.3 Å². The lowest BCUT2D eigenvalue weighted by atomic mass is 9.95. The van der Waals surface area contributed by atoms with Crippen LogP contribution in [-0.4, -0.2) is 11.5 Å². The van der Waals surface area contributed by atoms with Crippen molar-refractivity contribution in [2.75, 3.05) is 17.6 Å². The van der Waals surface area contributed by atoms with E-state index in [4.69, 9.17) is 10.2 Å². The molecule has 0 aliphatic rings. The van der Waals surface area contributed by atoms with E-state index in [9.17, 15) is 13.2 Å². The van der Waals surface area contributed by atoms with Crippen LogP contribution < -0.4 is 11.1 Å². The summed E-state index contributed by atoms with van der Waals surface area (Å²) in [5.74, 6) is 0.126. The van der Waals surface area contributed by atoms with Crippen LogP contribution in [0.2, 0.25) is 0 Å². The number of nitrogens with one attached hydrogen (secondary N) is 1. The van der Waals surface area contributed by atoms with Crippen molar-refractivity contribution in [3.63, 3.8) is 0 Å². The summed E-state index contributed by atoms with van der Waals surface area (Å²) in [5.41, 5.74) is 9.10. The Kier molecular flexibility index (Phi) is 5.11. The van der Waals surface area contributed by atoms with Crippen LogP contribution in [0.5, 0.6) is 0 Å². The largest absolute Gasteiger partial charge is 0.436 e. The van der Waals surface area contributed by atoms with E-state index in [-0.39, 0.29) is 11.5 Å². The van der Waals surface area contributed by atoms with E-state index >= 15 is 0 Å². The molecule has 0 aliphatic heterocycles. The molecule has 3 aromatic carbocycles. The number of para-hydroxylation sites is 2. The van der Waals surface area contributed by atoms with Crippen molar-refractivity contribution in [2.45, 2.75) is 19.5 Å². The molecular formula is C23H20F3N3O. The van der Waals surface area contributed by atoms with E-state index in [1.165, 1.54) is 6.07 Å². The van der Waals surface area contributed by atoms with Gasteiger partial charge in [0.05, 0.1) is 5.56 Å². The van der Waals surface area contributed by atoms with E-state index in [1.54, 1.807) is 36.4 Å². The molecule has 30 heavy (non-hydrogen) atoms. The van der Waals surface area contributed by atoms with Gasteiger partial charge in [0, 0.05) is 29.0 Å². The number of fused-ring (bicyclic) bond motifs is 1. The first-order valence-corrected chi connectivity index (χ1v) is 9.58. The molecule has 1 heterocycles. The Morgan fingerprint density at radius 2 is 1.77 bits per heavy atom. The summed E-state index contributed by atoms with van der Waals surface area (Å²) in [7, 11) is 0. The Morgan fingerprint density at radius 3 is 2.50 bits per heavy atom. The van der Waals surface area contributed by atoms with Crippen LogP contribution in [0.1, 0.15) is 18.9 Å². The van der Waals surface area contributed by atoms with Crippen LogP contribution in [0.3, 0.4) is 0 Å². The Balaban J connectivity index is 1.96. The van der Waals surface area contributed by atoms with Gasteiger partial charge in [-0.2, -0.15) is 13.2 Å². The molecule has 7 heteroatoms. The number of aromatic nitrogens is 1. The van der Waals surface area contributed by atoms with Crippen LogP contribution in [0.15, 0.2) is 65.1 Å². The number of rotatable bonds is 5. The molecule has 0 fully saturated rings. The molecule has 0 saturated heterocycles. The van der Waals surface area contributed by atoms with Crippen molar-refractivity contribution >= 4 is 22.5 Å². The summed E-state index contributed by atoms with van der Waals surface area (Å²) in [5, 5.41) is 3.31. The molecule has 0 radical (unpaired) electrons. The SMILES string of the molecule is CCCNc1ccc(N)cc1-c1ccc(C(F)(F)F)cc1-c1nc2ccccc2o1. The van der Waals surface area contributed by atoms with Gasteiger partial charge in [-0.1, -0.05) is 25.1 Å². The molecule has 0 amide bonds. The maximum Gasteiger partial charge on any atom is 0.416 e. The quantitative estimate of drug-likeness (QED) is 0.364. The third-order valence-corrected chi connectivity index (χ3v) is 4.77. The highest BCUT2D eigenvalue weighted by molar-refractivity contribution is 5.90. The van der Waals surface area contributed by atoms with Crippen LogP contribution >= 0.6 is 0 Å². The molecule has 0 bridgehead atoms. The molecule has 4 rings (SSSR count). The first-order chi connectivity index (χ1) is 14.4. The van der Waals surface area contributed by atoms with E-state index in [0.717, 1.165) is 30.8 Å². The molecule has 0 atom stereocenters. The standard InChI is InChI=1S/C23H20F3N3O/c1-2-11-28-19-10-8-15(27)13-17(19)16-9-7-14(23(24,25)26)12-18(16)22-29-20-5-3-4-6-21(20)30-22/h3-10,12-13,28H,2,11,27H2,1H3. The summed E-state index contributed by atoms with van der Waals surface area (Å²) in [6.07, 6.45) is -3.59. The van der Waals surface area contributed by atoms with Gasteiger partial charge < -0.3 is 15.5 Å². The fourth-order valence-electron chi connectivity index (χ4n) is 3.32. The van der Waals surface area contributed by atoms with Crippen LogP contribution in [-0.2, 0) is 6.18 Å². The predicted molar refractivity (Wildman–Crippen MR) is 113 cm³/mol. The summed E-state index contributed by atoms with van der Waals surface area (Å²) < 4.78 is 46.2. The lowest BCUT2D eigenvalue weighted by molar-refractivity contribution is -0.137. The van der Waals surface area contributed by atoms with Gasteiger partial charge in [-0.15, -0.1) is 0 Å². The van der Waals surface area contributed by atoms with Crippen LogP contribution in [0.25, 0.3) is 33.7 Å². The molecule has 0 saturated carbocycles. The molecule has 3 N–H and O–H groups in total. The number of halogens is 3. The number of nitrogens with two attached hydrogens (primary N) is 1. The van der Waals surface area contributed by atoms with Gasteiger partial charge in [-0.25, -0.2) is 4.98 Å². The molecule has 4 aromatic rings. The summed E-state index contributed by atoms with van der Waals surface area (Å²) in [4.78, 5) is 4.42. The Labute approximate surface area is 171 Å². The highest BCUT2D eigenvalue weighted by Crippen LogP contribution is 2.41. The van der Waals surface area contributed by atoms with Crippen molar-refractivity contribution in [2.24, 2.45) is 0 Å². The first kappa shape index (κ1) is 19.8. The minimum Gasteiger partial charge on any atom is -0.436 e. The highest BCUT2D eigenvalue weighted by Gasteiger charge is 2.32. The summed E-state index contributed by atoms with van der Waals surface area (Å²) in [6, 6.07) is 16.0. The van der Waals surface area contributed by atoms with Crippen LogP contribution in [0, 0.1) is 0 Å². The molecule has 4 nitrogen and oxygen atoms in total. The van der Waals surface area contributed by atoms with Crippen molar-refractivity contribution in [3.8, 4) is 22.6 Å². The molecule has 0 spiro atoms. The van der Waals surface area contributed by atoms with E-state index in [0.29, 0.717) is 27.9 Å². The monoisotopic (exact) mass is 411 g/mol. The third-order valence-electron chi connectivity index (χ3n) is 4.77. The Hall–Kier alpha value is -3.48. The number of nitrogens with zero attached hydrogens (tertiary/aromatic N) is 1. The van der Waals surface area contributed by atoms with Gasteiger partial charge in [0.25, 0.3) is 0 Å². The maximum atomic E-state index is 13.4.